The average Bonchev–Trinajstić information content (AvgIpc) is 1.95. The molecular formula is C10H21NO2. The molecule has 0 aliphatic heterocycles. The van der Waals surface area contributed by atoms with Crippen molar-refractivity contribution < 1.29 is 9.90 Å². The number of hydrogen-bond donors (Lipinski definition) is 2. The minimum atomic E-state index is -0.720. The molecule has 0 aliphatic rings. The smallest absolute Gasteiger partial charge is 0.303 e. The van der Waals surface area contributed by atoms with Crippen LogP contribution in [0.2, 0.25) is 0 Å². The highest BCUT2D eigenvalue weighted by molar-refractivity contribution is 5.67. The van der Waals surface area contributed by atoms with Crippen LogP contribution in [-0.4, -0.2) is 24.2 Å². The van der Waals surface area contributed by atoms with Gasteiger partial charge in [-0.1, -0.05) is 27.2 Å². The molecule has 0 rings (SSSR count). The number of rotatable bonds is 7. The second kappa shape index (κ2) is 5.97. The summed E-state index contributed by atoms with van der Waals surface area (Å²) in [5, 5.41) is 11.9. The molecule has 0 aromatic heterocycles. The van der Waals surface area contributed by atoms with E-state index in [9.17, 15) is 4.79 Å². The Hall–Kier alpha value is -0.570. The number of aliphatic carboxylic acids is 1. The third-order valence-electron chi connectivity index (χ3n) is 1.94. The summed E-state index contributed by atoms with van der Waals surface area (Å²) in [4.78, 5) is 10.5. The van der Waals surface area contributed by atoms with Gasteiger partial charge in [0.05, 0.1) is 6.42 Å². The summed E-state index contributed by atoms with van der Waals surface area (Å²) in [7, 11) is 0. The van der Waals surface area contributed by atoms with Crippen LogP contribution >= 0.6 is 0 Å². The molecule has 3 heteroatoms. The van der Waals surface area contributed by atoms with Crippen LogP contribution in [0.4, 0.5) is 0 Å². The van der Waals surface area contributed by atoms with Gasteiger partial charge in [0.2, 0.25) is 0 Å². The monoisotopic (exact) mass is 187 g/mol. The minimum absolute atomic E-state index is 0.139. The molecule has 13 heavy (non-hydrogen) atoms. The first-order chi connectivity index (χ1) is 5.98. The molecule has 0 bridgehead atoms. The summed E-state index contributed by atoms with van der Waals surface area (Å²) in [6.45, 7) is 7.85. The molecule has 0 atom stereocenters. The Labute approximate surface area is 80.5 Å². The third kappa shape index (κ3) is 7.78. The summed E-state index contributed by atoms with van der Waals surface area (Å²) in [6, 6.07) is 0. The fourth-order valence-electron chi connectivity index (χ4n) is 1.20. The first kappa shape index (κ1) is 12.4. The van der Waals surface area contributed by atoms with Crippen LogP contribution in [-0.2, 0) is 4.79 Å². The Bertz CT molecular complexity index is 155. The zero-order chi connectivity index (χ0) is 10.3. The maximum absolute atomic E-state index is 10.5. The Balaban J connectivity index is 3.56. The number of carboxylic acid groups (broad SMARTS) is 1. The fourth-order valence-corrected chi connectivity index (χ4v) is 1.20. The van der Waals surface area contributed by atoms with Crippen molar-refractivity contribution in [3.8, 4) is 0 Å². The molecule has 0 heterocycles. The fraction of sp³-hybridized carbons (Fsp3) is 0.900. The van der Waals surface area contributed by atoms with E-state index < -0.39 is 5.97 Å². The Kier molecular flexibility index (Phi) is 5.71. The molecule has 0 fully saturated rings. The van der Waals surface area contributed by atoms with Gasteiger partial charge in [0, 0.05) is 6.54 Å². The van der Waals surface area contributed by atoms with Gasteiger partial charge in [0.25, 0.3) is 0 Å². The van der Waals surface area contributed by atoms with Crippen LogP contribution in [0.15, 0.2) is 0 Å². The van der Waals surface area contributed by atoms with Gasteiger partial charge in [0.15, 0.2) is 0 Å². The normalized spacial score (nSPS) is 11.6. The topological polar surface area (TPSA) is 49.3 Å². The van der Waals surface area contributed by atoms with Crippen LogP contribution in [0.3, 0.4) is 0 Å². The lowest BCUT2D eigenvalue weighted by atomic mass is 9.89. The zero-order valence-corrected chi connectivity index (χ0v) is 8.89. The Morgan fingerprint density at radius 1 is 1.46 bits per heavy atom. The van der Waals surface area contributed by atoms with E-state index in [0.717, 1.165) is 19.5 Å². The zero-order valence-electron chi connectivity index (χ0n) is 8.89. The molecule has 0 spiro atoms. The van der Waals surface area contributed by atoms with Crippen molar-refractivity contribution in [3.63, 3.8) is 0 Å². The molecule has 0 unspecified atom stereocenters. The highest BCUT2D eigenvalue weighted by atomic mass is 16.4. The van der Waals surface area contributed by atoms with Crippen LogP contribution < -0.4 is 5.32 Å². The number of unbranched alkanes of at least 4 members (excludes halogenated alkanes) is 1. The van der Waals surface area contributed by atoms with Gasteiger partial charge in [-0.05, 0) is 18.4 Å². The van der Waals surface area contributed by atoms with Gasteiger partial charge in [-0.3, -0.25) is 4.79 Å². The first-order valence-electron chi connectivity index (χ1n) is 4.90. The molecular weight excluding hydrogens is 166 g/mol. The van der Waals surface area contributed by atoms with E-state index in [1.807, 2.05) is 13.8 Å². The molecule has 78 valence electrons. The number of carboxylic acids is 1. The minimum Gasteiger partial charge on any atom is -0.481 e. The van der Waals surface area contributed by atoms with Gasteiger partial charge >= 0.3 is 5.97 Å². The van der Waals surface area contributed by atoms with E-state index in [-0.39, 0.29) is 11.8 Å². The second-order valence-corrected chi connectivity index (χ2v) is 4.27. The van der Waals surface area contributed by atoms with Gasteiger partial charge in [-0.25, -0.2) is 0 Å². The van der Waals surface area contributed by atoms with E-state index in [4.69, 9.17) is 5.11 Å². The van der Waals surface area contributed by atoms with Gasteiger partial charge < -0.3 is 10.4 Å². The van der Waals surface area contributed by atoms with E-state index in [1.54, 1.807) is 0 Å². The third-order valence-corrected chi connectivity index (χ3v) is 1.94. The van der Waals surface area contributed by atoms with E-state index in [2.05, 4.69) is 12.2 Å². The Morgan fingerprint density at radius 2 is 2.08 bits per heavy atom. The average molecular weight is 187 g/mol. The van der Waals surface area contributed by atoms with Crippen LogP contribution in [0, 0.1) is 5.41 Å². The lowest BCUT2D eigenvalue weighted by Gasteiger charge is -2.22. The SMILES string of the molecule is CCCCNCC(C)(C)CC(=O)O. The van der Waals surface area contributed by atoms with Crippen molar-refractivity contribution in [2.24, 2.45) is 5.41 Å². The van der Waals surface area contributed by atoms with Crippen molar-refractivity contribution in [3.05, 3.63) is 0 Å². The van der Waals surface area contributed by atoms with Crippen molar-refractivity contribution in [2.45, 2.75) is 40.0 Å². The lowest BCUT2D eigenvalue weighted by molar-refractivity contribution is -0.139. The molecule has 2 N–H and O–H groups in total. The summed E-state index contributed by atoms with van der Waals surface area (Å²) in [5.41, 5.74) is -0.139. The largest absolute Gasteiger partial charge is 0.481 e. The summed E-state index contributed by atoms with van der Waals surface area (Å²) < 4.78 is 0. The molecule has 3 nitrogen and oxygen atoms in total. The predicted octanol–water partition coefficient (Wildman–Crippen LogP) is 1.88. The van der Waals surface area contributed by atoms with Gasteiger partial charge in [0.1, 0.15) is 0 Å². The van der Waals surface area contributed by atoms with E-state index >= 15 is 0 Å². The van der Waals surface area contributed by atoms with Crippen LogP contribution in [0.25, 0.3) is 0 Å². The second-order valence-electron chi connectivity index (χ2n) is 4.27. The maximum atomic E-state index is 10.5. The number of carbonyl (C=O) groups is 1. The van der Waals surface area contributed by atoms with Crippen molar-refractivity contribution >= 4 is 5.97 Å². The van der Waals surface area contributed by atoms with Crippen molar-refractivity contribution in [1.29, 1.82) is 0 Å². The predicted molar refractivity (Wildman–Crippen MR) is 53.8 cm³/mol. The van der Waals surface area contributed by atoms with Crippen molar-refractivity contribution in [1.82, 2.24) is 5.32 Å². The molecule has 0 aliphatic carbocycles. The molecule has 0 radical (unpaired) electrons. The van der Waals surface area contributed by atoms with E-state index in [0.29, 0.717) is 0 Å². The summed E-state index contributed by atoms with van der Waals surface area (Å²) >= 11 is 0. The number of hydrogen-bond acceptors (Lipinski definition) is 2. The van der Waals surface area contributed by atoms with Gasteiger partial charge in [-0.15, -0.1) is 0 Å². The van der Waals surface area contributed by atoms with Crippen molar-refractivity contribution in [2.75, 3.05) is 13.1 Å². The molecule has 0 aromatic rings. The quantitative estimate of drug-likeness (QED) is 0.598. The maximum Gasteiger partial charge on any atom is 0.303 e. The molecule has 0 amide bonds. The van der Waals surface area contributed by atoms with Gasteiger partial charge in [-0.2, -0.15) is 0 Å². The molecule has 0 saturated carbocycles. The molecule has 0 aromatic carbocycles. The first-order valence-corrected chi connectivity index (χ1v) is 4.90. The lowest BCUT2D eigenvalue weighted by Crippen LogP contribution is -2.31. The number of nitrogens with one attached hydrogen (secondary N) is 1. The summed E-state index contributed by atoms with van der Waals surface area (Å²) in [5.74, 6) is -0.720. The highest BCUT2D eigenvalue weighted by Crippen LogP contribution is 2.18. The standard InChI is InChI=1S/C10H21NO2/c1-4-5-6-11-8-10(2,3)7-9(12)13/h11H,4-8H2,1-3H3,(H,12,13). The highest BCUT2D eigenvalue weighted by Gasteiger charge is 2.20. The molecule has 0 saturated heterocycles. The Morgan fingerprint density at radius 3 is 2.54 bits per heavy atom. The van der Waals surface area contributed by atoms with Crippen LogP contribution in [0.1, 0.15) is 40.0 Å². The van der Waals surface area contributed by atoms with Crippen LogP contribution in [0.5, 0.6) is 0 Å². The summed E-state index contributed by atoms with van der Waals surface area (Å²) in [6.07, 6.45) is 2.56. The van der Waals surface area contributed by atoms with E-state index in [1.165, 1.54) is 6.42 Å².